The first-order chi connectivity index (χ1) is 8.77. The molecule has 0 aromatic carbocycles. The van der Waals surface area contributed by atoms with E-state index in [1.54, 1.807) is 0 Å². The maximum atomic E-state index is 10.9. The number of hydrazine groups is 1. The van der Waals surface area contributed by atoms with Crippen LogP contribution in [0.15, 0.2) is 6.20 Å². The summed E-state index contributed by atoms with van der Waals surface area (Å²) in [6, 6.07) is 0. The van der Waals surface area contributed by atoms with Gasteiger partial charge in [0.15, 0.2) is 0 Å². The summed E-state index contributed by atoms with van der Waals surface area (Å²) in [5.74, 6) is 5.12. The number of likely N-dealkylation sites (N-methyl/N-ethyl adjacent to an activating group) is 1. The fraction of sp³-hybridized carbons (Fsp3) is 0.600. The minimum absolute atomic E-state index is 0.0586. The summed E-state index contributed by atoms with van der Waals surface area (Å²) in [7, 11) is 3.79. The minimum Gasteiger partial charge on any atom is -0.471 e. The predicted molar refractivity (Wildman–Crippen MR) is 69.8 cm³/mol. The minimum atomic E-state index is -0.599. The number of nitrogens with zero attached hydrogens (tertiary/aromatic N) is 4. The van der Waals surface area contributed by atoms with Crippen molar-refractivity contribution in [2.24, 2.45) is 5.84 Å². The van der Waals surface area contributed by atoms with Gasteiger partial charge in [0.1, 0.15) is 12.8 Å². The lowest BCUT2D eigenvalue weighted by molar-refractivity contribution is -0.386. The summed E-state index contributed by atoms with van der Waals surface area (Å²) in [6.45, 7) is 4.13. The number of nitrogens with one attached hydrogen (secondary N) is 1. The Labute approximate surface area is 110 Å². The molecule has 0 saturated carbocycles. The van der Waals surface area contributed by atoms with Crippen LogP contribution in [0, 0.1) is 10.1 Å². The Kier molecular flexibility index (Phi) is 4.57. The van der Waals surface area contributed by atoms with E-state index in [1.165, 1.54) is 0 Å². The van der Waals surface area contributed by atoms with Crippen LogP contribution in [0.5, 0.6) is 5.88 Å². The Bertz CT molecular complexity index is 463. The van der Waals surface area contributed by atoms with Gasteiger partial charge < -0.3 is 9.64 Å². The summed E-state index contributed by atoms with van der Waals surface area (Å²) >= 11 is 0. The largest absolute Gasteiger partial charge is 0.471 e. The molecule has 0 fully saturated rings. The molecule has 0 saturated heterocycles. The van der Waals surface area contributed by atoms with Crippen molar-refractivity contribution in [1.82, 2.24) is 14.9 Å². The van der Waals surface area contributed by atoms with Gasteiger partial charge in [-0.05, 0) is 27.9 Å². The Morgan fingerprint density at radius 2 is 2.21 bits per heavy atom. The van der Waals surface area contributed by atoms with E-state index in [-0.39, 0.29) is 29.7 Å². The van der Waals surface area contributed by atoms with E-state index in [9.17, 15) is 10.1 Å². The first-order valence-corrected chi connectivity index (χ1v) is 5.56. The van der Waals surface area contributed by atoms with Crippen LogP contribution in [0.1, 0.15) is 13.8 Å². The van der Waals surface area contributed by atoms with Crippen molar-refractivity contribution in [2.75, 3.05) is 26.1 Å². The number of aromatic nitrogens is 2. The number of nitrogen functional groups attached to an aromatic ring is 1. The van der Waals surface area contributed by atoms with Crippen molar-refractivity contribution in [3.05, 3.63) is 16.3 Å². The normalized spacial score (nSPS) is 11.5. The van der Waals surface area contributed by atoms with Crippen LogP contribution in [0.2, 0.25) is 0 Å². The van der Waals surface area contributed by atoms with Crippen LogP contribution in [0.4, 0.5) is 11.6 Å². The fourth-order valence-electron chi connectivity index (χ4n) is 1.03. The molecule has 0 aliphatic heterocycles. The molecule has 0 radical (unpaired) electrons. The molecule has 1 rings (SSSR count). The molecule has 9 heteroatoms. The quantitative estimate of drug-likeness (QED) is 0.432. The monoisotopic (exact) mass is 270 g/mol. The number of nitrogens with two attached hydrogens (primary N) is 1. The van der Waals surface area contributed by atoms with Gasteiger partial charge in [-0.1, -0.05) is 0 Å². The molecule has 0 aliphatic carbocycles. The highest BCUT2D eigenvalue weighted by Crippen LogP contribution is 2.25. The smallest absolute Gasteiger partial charge is 0.349 e. The van der Waals surface area contributed by atoms with Gasteiger partial charge in [-0.3, -0.25) is 15.5 Å². The average Bonchev–Trinajstić information content (AvgIpc) is 2.35. The Balaban J connectivity index is 2.95. The molecule has 106 valence electrons. The number of rotatable bonds is 6. The van der Waals surface area contributed by atoms with E-state index in [0.717, 1.165) is 6.20 Å². The van der Waals surface area contributed by atoms with Gasteiger partial charge in [0.2, 0.25) is 5.95 Å². The Morgan fingerprint density at radius 1 is 1.58 bits per heavy atom. The van der Waals surface area contributed by atoms with Gasteiger partial charge in [-0.15, -0.1) is 0 Å². The molecular formula is C10H18N6O3. The second kappa shape index (κ2) is 5.76. The zero-order chi connectivity index (χ0) is 14.6. The highest BCUT2D eigenvalue weighted by atomic mass is 16.6. The van der Waals surface area contributed by atoms with Crippen molar-refractivity contribution in [1.29, 1.82) is 0 Å². The van der Waals surface area contributed by atoms with Crippen LogP contribution in [-0.2, 0) is 0 Å². The highest BCUT2D eigenvalue weighted by Gasteiger charge is 2.25. The summed E-state index contributed by atoms with van der Waals surface area (Å²) in [4.78, 5) is 19.7. The first-order valence-electron chi connectivity index (χ1n) is 5.56. The standard InChI is InChI=1S/C10H18N6O3/c1-10(2,15(3)4)6-19-8-7(16(17)18)5-12-9(13-8)14-11/h5H,6,11H2,1-4H3,(H,12,13,14). The van der Waals surface area contributed by atoms with Gasteiger partial charge in [0.05, 0.1) is 4.92 Å². The van der Waals surface area contributed by atoms with Gasteiger partial charge >= 0.3 is 5.69 Å². The first kappa shape index (κ1) is 15.1. The van der Waals surface area contributed by atoms with Crippen LogP contribution >= 0.6 is 0 Å². The third kappa shape index (κ3) is 3.73. The molecule has 3 N–H and O–H groups in total. The summed E-state index contributed by atoms with van der Waals surface area (Å²) in [6.07, 6.45) is 1.06. The van der Waals surface area contributed by atoms with Crippen molar-refractivity contribution < 1.29 is 9.66 Å². The second-order valence-corrected chi connectivity index (χ2v) is 4.78. The van der Waals surface area contributed by atoms with Crippen molar-refractivity contribution in [3.8, 4) is 5.88 Å². The van der Waals surface area contributed by atoms with Gasteiger partial charge in [-0.2, -0.15) is 4.98 Å². The summed E-state index contributed by atoms with van der Waals surface area (Å²) < 4.78 is 5.44. The molecular weight excluding hydrogens is 252 g/mol. The summed E-state index contributed by atoms with van der Waals surface area (Å²) in [5.41, 5.74) is 1.62. The van der Waals surface area contributed by atoms with Crippen LogP contribution in [0.3, 0.4) is 0 Å². The van der Waals surface area contributed by atoms with Crippen molar-refractivity contribution in [2.45, 2.75) is 19.4 Å². The molecule has 0 unspecified atom stereocenters. The van der Waals surface area contributed by atoms with Crippen LogP contribution in [0.25, 0.3) is 0 Å². The van der Waals surface area contributed by atoms with Gasteiger partial charge in [-0.25, -0.2) is 10.8 Å². The van der Waals surface area contributed by atoms with Crippen LogP contribution in [-0.4, -0.2) is 46.0 Å². The molecule has 1 aromatic heterocycles. The van der Waals surface area contributed by atoms with E-state index in [0.29, 0.717) is 0 Å². The number of hydrogen-bond donors (Lipinski definition) is 2. The SMILES string of the molecule is CN(C)C(C)(C)COc1nc(NN)ncc1[N+](=O)[O-]. The molecule has 1 aromatic rings. The molecule has 1 heterocycles. The van der Waals surface area contributed by atoms with Gasteiger partial charge in [0, 0.05) is 5.54 Å². The van der Waals surface area contributed by atoms with Crippen molar-refractivity contribution in [3.63, 3.8) is 0 Å². The van der Waals surface area contributed by atoms with Crippen molar-refractivity contribution >= 4 is 11.6 Å². The van der Waals surface area contributed by atoms with E-state index < -0.39 is 4.92 Å². The zero-order valence-electron chi connectivity index (χ0n) is 11.4. The molecule has 9 nitrogen and oxygen atoms in total. The predicted octanol–water partition coefficient (Wildman–Crippen LogP) is 0.389. The van der Waals surface area contributed by atoms with E-state index in [2.05, 4.69) is 15.4 Å². The maximum absolute atomic E-state index is 10.9. The number of nitro groups is 1. The molecule has 0 aliphatic rings. The molecule has 0 atom stereocenters. The second-order valence-electron chi connectivity index (χ2n) is 4.78. The maximum Gasteiger partial charge on any atom is 0.349 e. The summed E-state index contributed by atoms with van der Waals surface area (Å²) in [5, 5.41) is 10.9. The fourth-order valence-corrected chi connectivity index (χ4v) is 1.03. The average molecular weight is 270 g/mol. The lowest BCUT2D eigenvalue weighted by atomic mass is 10.1. The zero-order valence-corrected chi connectivity index (χ0v) is 11.4. The van der Waals surface area contributed by atoms with Gasteiger partial charge in [0.25, 0.3) is 5.88 Å². The lowest BCUT2D eigenvalue weighted by Crippen LogP contribution is -2.43. The van der Waals surface area contributed by atoms with E-state index in [4.69, 9.17) is 10.6 Å². The third-order valence-corrected chi connectivity index (χ3v) is 2.83. The number of anilines is 1. The highest BCUT2D eigenvalue weighted by molar-refractivity contribution is 5.42. The topological polar surface area (TPSA) is 119 Å². The van der Waals surface area contributed by atoms with E-state index >= 15 is 0 Å². The lowest BCUT2D eigenvalue weighted by Gasteiger charge is -2.31. The number of ether oxygens (including phenoxy) is 1. The third-order valence-electron chi connectivity index (χ3n) is 2.83. The molecule has 19 heavy (non-hydrogen) atoms. The molecule has 0 amide bonds. The Hall–Kier alpha value is -2.00. The number of hydrogen-bond acceptors (Lipinski definition) is 8. The van der Waals surface area contributed by atoms with Crippen LogP contribution < -0.4 is 16.0 Å². The Morgan fingerprint density at radius 3 is 2.68 bits per heavy atom. The van der Waals surface area contributed by atoms with E-state index in [1.807, 2.05) is 32.8 Å². The molecule has 0 spiro atoms. The molecule has 0 bridgehead atoms.